The molecule has 0 aliphatic rings. The Kier molecular flexibility index (Phi) is 8.26. The molecule has 2 aromatic rings. The SMILES string of the molecule is CCCCCNC(=O)c1csc(CN(C(=O)Nc2ccccc2)C(C)C)n1. The molecule has 3 amide bonds. The summed E-state index contributed by atoms with van der Waals surface area (Å²) in [5.41, 5.74) is 1.16. The lowest BCUT2D eigenvalue weighted by molar-refractivity contribution is 0.0948. The van der Waals surface area contributed by atoms with Gasteiger partial charge in [0.15, 0.2) is 0 Å². The highest BCUT2D eigenvalue weighted by atomic mass is 32.1. The lowest BCUT2D eigenvalue weighted by Crippen LogP contribution is -2.39. The first-order chi connectivity index (χ1) is 13.0. The molecule has 0 saturated carbocycles. The first-order valence-corrected chi connectivity index (χ1v) is 10.2. The number of hydrogen-bond donors (Lipinski definition) is 2. The van der Waals surface area contributed by atoms with Gasteiger partial charge < -0.3 is 15.5 Å². The molecule has 1 aromatic heterocycles. The zero-order valence-electron chi connectivity index (χ0n) is 16.2. The van der Waals surface area contributed by atoms with Crippen molar-refractivity contribution in [3.05, 3.63) is 46.4 Å². The van der Waals surface area contributed by atoms with Crippen molar-refractivity contribution in [1.29, 1.82) is 0 Å². The maximum Gasteiger partial charge on any atom is 0.322 e. The highest BCUT2D eigenvalue weighted by molar-refractivity contribution is 7.09. The first kappa shape index (κ1) is 20.9. The van der Waals surface area contributed by atoms with Gasteiger partial charge in [-0.05, 0) is 32.4 Å². The van der Waals surface area contributed by atoms with Crippen molar-refractivity contribution >= 4 is 29.0 Å². The highest BCUT2D eigenvalue weighted by Gasteiger charge is 2.20. The minimum atomic E-state index is -0.183. The van der Waals surface area contributed by atoms with Crippen LogP contribution in [0.25, 0.3) is 0 Å². The lowest BCUT2D eigenvalue weighted by Gasteiger charge is -2.26. The van der Waals surface area contributed by atoms with Gasteiger partial charge in [-0.3, -0.25) is 4.79 Å². The van der Waals surface area contributed by atoms with Gasteiger partial charge in [0.2, 0.25) is 0 Å². The summed E-state index contributed by atoms with van der Waals surface area (Å²) >= 11 is 1.40. The van der Waals surface area contributed by atoms with Gasteiger partial charge in [-0.25, -0.2) is 9.78 Å². The number of benzene rings is 1. The highest BCUT2D eigenvalue weighted by Crippen LogP contribution is 2.16. The van der Waals surface area contributed by atoms with E-state index in [4.69, 9.17) is 0 Å². The van der Waals surface area contributed by atoms with Crippen molar-refractivity contribution in [3.63, 3.8) is 0 Å². The molecule has 2 rings (SSSR count). The number of carbonyl (C=O) groups is 2. The van der Waals surface area contributed by atoms with E-state index in [0.717, 1.165) is 30.0 Å². The molecular formula is C20H28N4O2S. The van der Waals surface area contributed by atoms with Gasteiger partial charge in [-0.2, -0.15) is 0 Å². The zero-order chi connectivity index (χ0) is 19.6. The molecule has 1 aromatic carbocycles. The number of urea groups is 1. The van der Waals surface area contributed by atoms with Gasteiger partial charge in [0, 0.05) is 23.7 Å². The van der Waals surface area contributed by atoms with Crippen LogP contribution in [0.4, 0.5) is 10.5 Å². The Balaban J connectivity index is 1.95. The third-order valence-electron chi connectivity index (χ3n) is 4.07. The minimum absolute atomic E-state index is 0.00364. The van der Waals surface area contributed by atoms with Crippen molar-refractivity contribution < 1.29 is 9.59 Å². The normalized spacial score (nSPS) is 10.7. The van der Waals surface area contributed by atoms with Crippen molar-refractivity contribution in [2.24, 2.45) is 0 Å². The van der Waals surface area contributed by atoms with Crippen LogP contribution < -0.4 is 10.6 Å². The second kappa shape index (κ2) is 10.7. The summed E-state index contributed by atoms with van der Waals surface area (Å²) in [6, 6.07) is 9.17. The fourth-order valence-electron chi connectivity index (χ4n) is 2.51. The minimum Gasteiger partial charge on any atom is -0.351 e. The maximum atomic E-state index is 12.6. The van der Waals surface area contributed by atoms with Crippen LogP contribution in [0, 0.1) is 0 Å². The third kappa shape index (κ3) is 6.67. The van der Waals surface area contributed by atoms with Gasteiger partial charge in [0.05, 0.1) is 6.54 Å². The topological polar surface area (TPSA) is 74.3 Å². The van der Waals surface area contributed by atoms with Crippen molar-refractivity contribution in [1.82, 2.24) is 15.2 Å². The number of aromatic nitrogens is 1. The molecule has 0 aliphatic heterocycles. The van der Waals surface area contributed by atoms with Crippen LogP contribution in [0.2, 0.25) is 0 Å². The van der Waals surface area contributed by atoms with Crippen LogP contribution in [-0.4, -0.2) is 34.4 Å². The molecule has 146 valence electrons. The van der Waals surface area contributed by atoms with Crippen LogP contribution >= 0.6 is 11.3 Å². The summed E-state index contributed by atoms with van der Waals surface area (Å²) in [5, 5.41) is 8.28. The fraction of sp³-hybridized carbons (Fsp3) is 0.450. The van der Waals surface area contributed by atoms with E-state index in [0.29, 0.717) is 18.8 Å². The molecule has 0 fully saturated rings. The van der Waals surface area contributed by atoms with E-state index in [2.05, 4.69) is 22.5 Å². The third-order valence-corrected chi connectivity index (χ3v) is 4.90. The number of rotatable bonds is 9. The van der Waals surface area contributed by atoms with Crippen molar-refractivity contribution in [2.45, 2.75) is 52.6 Å². The average Bonchev–Trinajstić information content (AvgIpc) is 3.12. The van der Waals surface area contributed by atoms with Crippen LogP contribution in [0.5, 0.6) is 0 Å². The average molecular weight is 389 g/mol. The molecule has 0 bridgehead atoms. The molecule has 7 heteroatoms. The summed E-state index contributed by atoms with van der Waals surface area (Å²) in [6.07, 6.45) is 3.19. The summed E-state index contributed by atoms with van der Waals surface area (Å²) in [4.78, 5) is 30.9. The van der Waals surface area contributed by atoms with E-state index in [1.807, 2.05) is 44.2 Å². The largest absolute Gasteiger partial charge is 0.351 e. The molecule has 2 N–H and O–H groups in total. The number of hydrogen-bond acceptors (Lipinski definition) is 4. The van der Waals surface area contributed by atoms with Gasteiger partial charge in [0.1, 0.15) is 10.7 Å². The Morgan fingerprint density at radius 1 is 1.19 bits per heavy atom. The molecule has 0 saturated heterocycles. The van der Waals surface area contributed by atoms with Gasteiger partial charge >= 0.3 is 6.03 Å². The second-order valence-electron chi connectivity index (χ2n) is 6.61. The van der Waals surface area contributed by atoms with Crippen molar-refractivity contribution in [2.75, 3.05) is 11.9 Å². The molecule has 0 unspecified atom stereocenters. The predicted molar refractivity (Wildman–Crippen MR) is 110 cm³/mol. The number of anilines is 1. The quantitative estimate of drug-likeness (QED) is 0.621. The Morgan fingerprint density at radius 2 is 1.93 bits per heavy atom. The van der Waals surface area contributed by atoms with Crippen molar-refractivity contribution in [3.8, 4) is 0 Å². The second-order valence-corrected chi connectivity index (χ2v) is 7.55. The van der Waals surface area contributed by atoms with E-state index in [9.17, 15) is 9.59 Å². The zero-order valence-corrected chi connectivity index (χ0v) is 17.0. The molecule has 0 aliphatic carbocycles. The van der Waals surface area contributed by atoms with Crippen LogP contribution in [0.3, 0.4) is 0 Å². The number of nitrogens with zero attached hydrogens (tertiary/aromatic N) is 2. The van der Waals surface area contributed by atoms with Crippen LogP contribution in [-0.2, 0) is 6.54 Å². The van der Waals surface area contributed by atoms with E-state index < -0.39 is 0 Å². The number of unbranched alkanes of at least 4 members (excludes halogenated alkanes) is 2. The smallest absolute Gasteiger partial charge is 0.322 e. The monoisotopic (exact) mass is 388 g/mol. The molecule has 1 heterocycles. The molecule has 0 radical (unpaired) electrons. The maximum absolute atomic E-state index is 12.6. The summed E-state index contributed by atoms with van der Waals surface area (Å²) in [5.74, 6) is -0.154. The number of amides is 3. The number of nitrogens with one attached hydrogen (secondary N) is 2. The standard InChI is InChI=1S/C20H28N4O2S/c1-4-5-9-12-21-19(25)17-14-27-18(23-17)13-24(15(2)3)20(26)22-16-10-7-6-8-11-16/h6-8,10-11,14-15H,4-5,9,12-13H2,1-3H3,(H,21,25)(H,22,26). The Hall–Kier alpha value is -2.41. The summed E-state index contributed by atoms with van der Waals surface area (Å²) in [6.45, 7) is 7.07. The van der Waals surface area contributed by atoms with Gasteiger partial charge in [-0.15, -0.1) is 11.3 Å². The first-order valence-electron chi connectivity index (χ1n) is 9.36. The Labute approximate surface area is 165 Å². The van der Waals surface area contributed by atoms with E-state index in [-0.39, 0.29) is 18.0 Å². The number of carbonyl (C=O) groups excluding carboxylic acids is 2. The Bertz CT molecular complexity index is 731. The Morgan fingerprint density at radius 3 is 2.59 bits per heavy atom. The van der Waals surface area contributed by atoms with E-state index >= 15 is 0 Å². The molecular weight excluding hydrogens is 360 g/mol. The van der Waals surface area contributed by atoms with Crippen LogP contribution in [0.1, 0.15) is 55.5 Å². The van der Waals surface area contributed by atoms with E-state index in [1.54, 1.807) is 10.3 Å². The number of para-hydroxylation sites is 1. The molecule has 6 nitrogen and oxygen atoms in total. The molecule has 0 spiro atoms. The van der Waals surface area contributed by atoms with E-state index in [1.165, 1.54) is 11.3 Å². The summed E-state index contributed by atoms with van der Waals surface area (Å²) in [7, 11) is 0. The number of thiazole rings is 1. The summed E-state index contributed by atoms with van der Waals surface area (Å²) < 4.78 is 0. The predicted octanol–water partition coefficient (Wildman–Crippen LogP) is 4.51. The van der Waals surface area contributed by atoms with Crippen LogP contribution in [0.15, 0.2) is 35.7 Å². The molecule has 27 heavy (non-hydrogen) atoms. The van der Waals surface area contributed by atoms with Gasteiger partial charge in [-0.1, -0.05) is 38.0 Å². The van der Waals surface area contributed by atoms with Gasteiger partial charge in [0.25, 0.3) is 5.91 Å². The fourth-order valence-corrected chi connectivity index (χ4v) is 3.28. The molecule has 0 atom stereocenters. The lowest BCUT2D eigenvalue weighted by atomic mass is 10.2.